The van der Waals surface area contributed by atoms with Gasteiger partial charge in [0.1, 0.15) is 23.6 Å². The predicted octanol–water partition coefficient (Wildman–Crippen LogP) is 5.30. The van der Waals surface area contributed by atoms with Gasteiger partial charge in [0.15, 0.2) is 0 Å². The molecule has 2 amide bonds. The van der Waals surface area contributed by atoms with Crippen LogP contribution in [0.2, 0.25) is 0 Å². The molecule has 168 valence electrons. The van der Waals surface area contributed by atoms with Crippen molar-refractivity contribution in [1.29, 1.82) is 0 Å². The molecule has 2 heterocycles. The van der Waals surface area contributed by atoms with E-state index in [1.807, 2.05) is 0 Å². The maximum atomic E-state index is 13.4. The second-order valence-electron chi connectivity index (χ2n) is 6.82. The number of halogens is 4. The van der Waals surface area contributed by atoms with Crippen molar-refractivity contribution >= 4 is 22.6 Å². The zero-order chi connectivity index (χ0) is 23.4. The van der Waals surface area contributed by atoms with Crippen LogP contribution in [0.5, 0.6) is 11.6 Å². The number of carbonyl (C=O) groups is 1. The first-order chi connectivity index (χ1) is 15.8. The Morgan fingerprint density at radius 1 is 0.970 bits per heavy atom. The molecule has 4 aromatic rings. The molecule has 11 heteroatoms. The maximum absolute atomic E-state index is 13.4. The highest BCUT2D eigenvalue weighted by atomic mass is 19.4. The third-order valence-corrected chi connectivity index (χ3v) is 4.46. The van der Waals surface area contributed by atoms with E-state index >= 15 is 0 Å². The summed E-state index contributed by atoms with van der Waals surface area (Å²) in [6, 6.07) is 12.0. The van der Waals surface area contributed by atoms with E-state index in [4.69, 9.17) is 4.74 Å². The molecule has 0 saturated carbocycles. The summed E-state index contributed by atoms with van der Waals surface area (Å²) in [5.74, 6) is 0.264. The van der Waals surface area contributed by atoms with Gasteiger partial charge in [0.05, 0.1) is 10.9 Å². The fourth-order valence-electron chi connectivity index (χ4n) is 2.86. The van der Waals surface area contributed by atoms with Crippen molar-refractivity contribution in [2.45, 2.75) is 12.7 Å². The van der Waals surface area contributed by atoms with Crippen LogP contribution >= 0.6 is 0 Å². The Bertz CT molecular complexity index is 1280. The fourth-order valence-corrected chi connectivity index (χ4v) is 2.86. The maximum Gasteiger partial charge on any atom is 0.433 e. The van der Waals surface area contributed by atoms with Gasteiger partial charge in [-0.15, -0.1) is 0 Å². The Labute approximate surface area is 184 Å². The van der Waals surface area contributed by atoms with E-state index in [1.54, 1.807) is 24.3 Å². The monoisotopic (exact) mass is 457 g/mol. The van der Waals surface area contributed by atoms with Crippen LogP contribution in [0.25, 0.3) is 10.9 Å². The molecule has 0 spiro atoms. The van der Waals surface area contributed by atoms with Gasteiger partial charge in [-0.3, -0.25) is 4.98 Å². The number of rotatable bonds is 5. The average molecular weight is 457 g/mol. The summed E-state index contributed by atoms with van der Waals surface area (Å²) in [6.45, 7) is -0.000451. The molecule has 33 heavy (non-hydrogen) atoms. The number of hydrogen-bond donors (Lipinski definition) is 2. The van der Waals surface area contributed by atoms with Gasteiger partial charge < -0.3 is 15.4 Å². The largest absolute Gasteiger partial charge is 0.438 e. The van der Waals surface area contributed by atoms with Crippen molar-refractivity contribution < 1.29 is 27.1 Å². The van der Waals surface area contributed by atoms with E-state index in [2.05, 4.69) is 25.6 Å². The minimum absolute atomic E-state index is 0.000451. The molecule has 0 saturated heterocycles. The number of pyridine rings is 1. The van der Waals surface area contributed by atoms with E-state index in [1.165, 1.54) is 30.6 Å². The molecule has 0 atom stereocenters. The van der Waals surface area contributed by atoms with E-state index < -0.39 is 23.7 Å². The van der Waals surface area contributed by atoms with Gasteiger partial charge in [-0.2, -0.15) is 13.2 Å². The molecular formula is C22H15F4N5O2. The first-order valence-electron chi connectivity index (χ1n) is 9.53. The summed E-state index contributed by atoms with van der Waals surface area (Å²) in [6.07, 6.45) is -2.19. The van der Waals surface area contributed by atoms with Crippen LogP contribution in [0, 0.1) is 5.82 Å². The van der Waals surface area contributed by atoms with Gasteiger partial charge in [0, 0.05) is 24.5 Å². The van der Waals surface area contributed by atoms with Crippen LogP contribution in [0.15, 0.2) is 67.1 Å². The Kier molecular flexibility index (Phi) is 6.03. The molecule has 2 N–H and O–H groups in total. The second-order valence-corrected chi connectivity index (χ2v) is 6.82. The number of ether oxygens (including phenoxy) is 1. The van der Waals surface area contributed by atoms with Crippen LogP contribution in [-0.2, 0) is 12.7 Å². The second kappa shape index (κ2) is 9.07. The van der Waals surface area contributed by atoms with Crippen molar-refractivity contribution in [2.24, 2.45) is 0 Å². The number of nitrogens with one attached hydrogen (secondary N) is 2. The highest BCUT2D eigenvalue weighted by molar-refractivity contribution is 5.89. The standard InChI is InChI=1S/C22H15F4N5O2/c23-14-2-7-17-18(9-14)29-12-30-20(17)33-16-5-3-15(4-6-16)31-21(32)28-11-13-1-8-19(27-10-13)22(24,25)26/h1-10,12H,11H2,(H2,28,31,32). The van der Waals surface area contributed by atoms with Gasteiger partial charge in [0.25, 0.3) is 0 Å². The third-order valence-electron chi connectivity index (χ3n) is 4.46. The Balaban J connectivity index is 1.34. The van der Waals surface area contributed by atoms with Crippen LogP contribution in [0.4, 0.5) is 28.0 Å². The van der Waals surface area contributed by atoms with Crippen molar-refractivity contribution in [3.8, 4) is 11.6 Å². The van der Waals surface area contributed by atoms with E-state index in [0.29, 0.717) is 27.9 Å². The molecule has 0 fully saturated rings. The Morgan fingerprint density at radius 3 is 2.45 bits per heavy atom. The molecule has 0 aliphatic heterocycles. The normalized spacial score (nSPS) is 11.3. The van der Waals surface area contributed by atoms with Crippen LogP contribution in [-0.4, -0.2) is 21.0 Å². The molecule has 4 rings (SSSR count). The molecule has 0 bridgehead atoms. The lowest BCUT2D eigenvalue weighted by Crippen LogP contribution is -2.28. The Hall–Kier alpha value is -4.28. The number of fused-ring (bicyclic) bond motifs is 1. The number of benzene rings is 2. The summed E-state index contributed by atoms with van der Waals surface area (Å²) in [5.41, 5.74) is 0.275. The highest BCUT2D eigenvalue weighted by Crippen LogP contribution is 2.28. The number of hydrogen-bond acceptors (Lipinski definition) is 5. The first-order valence-corrected chi connectivity index (χ1v) is 9.53. The van der Waals surface area contributed by atoms with E-state index in [0.717, 1.165) is 12.3 Å². The van der Waals surface area contributed by atoms with Crippen LogP contribution in [0.3, 0.4) is 0 Å². The molecule has 0 radical (unpaired) electrons. The number of nitrogens with zero attached hydrogens (tertiary/aromatic N) is 3. The first kappa shape index (κ1) is 21.9. The molecule has 0 aliphatic rings. The molecular weight excluding hydrogens is 442 g/mol. The van der Waals surface area contributed by atoms with E-state index in [9.17, 15) is 22.4 Å². The van der Waals surface area contributed by atoms with Gasteiger partial charge in [-0.25, -0.2) is 19.2 Å². The third kappa shape index (κ3) is 5.50. The smallest absolute Gasteiger partial charge is 0.433 e. The summed E-state index contributed by atoms with van der Waals surface area (Å²) < 4.78 is 56.7. The molecule has 0 unspecified atom stereocenters. The Morgan fingerprint density at radius 2 is 1.76 bits per heavy atom. The summed E-state index contributed by atoms with van der Waals surface area (Å²) in [7, 11) is 0. The quantitative estimate of drug-likeness (QED) is 0.397. The number of alkyl halides is 3. The van der Waals surface area contributed by atoms with Crippen molar-refractivity contribution in [3.63, 3.8) is 0 Å². The highest BCUT2D eigenvalue weighted by Gasteiger charge is 2.31. The topological polar surface area (TPSA) is 89.0 Å². The molecule has 0 aliphatic carbocycles. The van der Waals surface area contributed by atoms with Gasteiger partial charge in [0.2, 0.25) is 5.88 Å². The minimum atomic E-state index is -4.52. The molecule has 2 aromatic carbocycles. The average Bonchev–Trinajstić information content (AvgIpc) is 2.79. The number of aromatic nitrogens is 3. The number of carbonyl (C=O) groups excluding carboxylic acids is 1. The van der Waals surface area contributed by atoms with E-state index in [-0.39, 0.29) is 12.4 Å². The summed E-state index contributed by atoms with van der Waals surface area (Å²) in [4.78, 5) is 23.5. The van der Waals surface area contributed by atoms with Gasteiger partial charge in [-0.1, -0.05) is 6.07 Å². The van der Waals surface area contributed by atoms with Gasteiger partial charge in [-0.05, 0) is 48.0 Å². The van der Waals surface area contributed by atoms with Crippen LogP contribution < -0.4 is 15.4 Å². The van der Waals surface area contributed by atoms with Crippen LogP contribution in [0.1, 0.15) is 11.3 Å². The lowest BCUT2D eigenvalue weighted by Gasteiger charge is -2.10. The molecule has 7 nitrogen and oxygen atoms in total. The molecule has 2 aromatic heterocycles. The minimum Gasteiger partial charge on any atom is -0.438 e. The van der Waals surface area contributed by atoms with Crippen molar-refractivity contribution in [1.82, 2.24) is 20.3 Å². The lowest BCUT2D eigenvalue weighted by atomic mass is 10.2. The lowest BCUT2D eigenvalue weighted by molar-refractivity contribution is -0.141. The van der Waals surface area contributed by atoms with Crippen molar-refractivity contribution in [2.75, 3.05) is 5.32 Å². The zero-order valence-electron chi connectivity index (χ0n) is 16.7. The number of anilines is 1. The SMILES string of the molecule is O=C(NCc1ccc(C(F)(F)F)nc1)Nc1ccc(Oc2ncnc3cc(F)ccc23)cc1. The zero-order valence-corrected chi connectivity index (χ0v) is 16.7. The number of amides is 2. The fraction of sp³-hybridized carbons (Fsp3) is 0.0909. The predicted molar refractivity (Wildman–Crippen MR) is 111 cm³/mol. The summed E-state index contributed by atoms with van der Waals surface area (Å²) in [5, 5.41) is 5.68. The van der Waals surface area contributed by atoms with Gasteiger partial charge >= 0.3 is 12.2 Å². The summed E-state index contributed by atoms with van der Waals surface area (Å²) >= 11 is 0. The number of urea groups is 1. The van der Waals surface area contributed by atoms with Crippen molar-refractivity contribution in [3.05, 3.63) is 84.2 Å².